The van der Waals surface area contributed by atoms with E-state index in [1.165, 1.54) is 16.7 Å². The van der Waals surface area contributed by atoms with E-state index in [9.17, 15) is 4.79 Å². The second-order valence-electron chi connectivity index (χ2n) is 6.69. The molecule has 4 heteroatoms. The average molecular weight is 347 g/mol. The molecular formula is C22H25N3O. The normalized spacial score (nSPS) is 10.8. The van der Waals surface area contributed by atoms with Gasteiger partial charge in [0, 0.05) is 11.4 Å². The molecule has 3 aromatic rings. The van der Waals surface area contributed by atoms with E-state index in [-0.39, 0.29) is 5.91 Å². The molecule has 0 aliphatic rings. The molecule has 26 heavy (non-hydrogen) atoms. The fourth-order valence-electron chi connectivity index (χ4n) is 3.06. The molecule has 0 fully saturated rings. The lowest BCUT2D eigenvalue weighted by molar-refractivity contribution is 0.102. The maximum atomic E-state index is 12.8. The molecule has 0 unspecified atom stereocenters. The van der Waals surface area contributed by atoms with Crippen molar-refractivity contribution in [3.05, 3.63) is 82.2 Å². The Balaban J connectivity index is 1.79. The van der Waals surface area contributed by atoms with E-state index in [2.05, 4.69) is 48.5 Å². The highest BCUT2D eigenvalue weighted by molar-refractivity contribution is 6.05. The lowest BCUT2D eigenvalue weighted by Crippen LogP contribution is -2.14. The van der Waals surface area contributed by atoms with Gasteiger partial charge in [-0.25, -0.2) is 0 Å². The van der Waals surface area contributed by atoms with Crippen molar-refractivity contribution in [3.63, 3.8) is 0 Å². The number of aryl methyl sites for hydroxylation is 3. The Labute approximate surface area is 154 Å². The van der Waals surface area contributed by atoms with Crippen LogP contribution in [0, 0.1) is 20.8 Å². The second-order valence-corrected chi connectivity index (χ2v) is 6.69. The molecule has 0 aliphatic heterocycles. The van der Waals surface area contributed by atoms with Crippen LogP contribution in [0.15, 0.2) is 48.5 Å². The van der Waals surface area contributed by atoms with E-state index in [0.29, 0.717) is 12.1 Å². The first kappa shape index (κ1) is 17.9. The number of nitrogens with zero attached hydrogens (tertiary/aromatic N) is 2. The first-order valence-corrected chi connectivity index (χ1v) is 8.97. The van der Waals surface area contributed by atoms with Crippen LogP contribution < -0.4 is 5.32 Å². The van der Waals surface area contributed by atoms with E-state index in [1.807, 2.05) is 42.8 Å². The molecule has 0 radical (unpaired) electrons. The number of amides is 1. The van der Waals surface area contributed by atoms with Gasteiger partial charge in [0.25, 0.3) is 5.91 Å². The zero-order chi connectivity index (χ0) is 18.7. The van der Waals surface area contributed by atoms with Gasteiger partial charge in [-0.1, -0.05) is 48.9 Å². The highest BCUT2D eigenvalue weighted by Crippen LogP contribution is 2.18. The molecule has 0 atom stereocenters. The Morgan fingerprint density at radius 1 is 0.962 bits per heavy atom. The smallest absolute Gasteiger partial charge is 0.259 e. The van der Waals surface area contributed by atoms with Gasteiger partial charge in [0.1, 0.15) is 0 Å². The molecule has 1 N–H and O–H groups in total. The molecular weight excluding hydrogens is 322 g/mol. The van der Waals surface area contributed by atoms with Gasteiger partial charge in [-0.3, -0.25) is 9.48 Å². The number of hydrogen-bond donors (Lipinski definition) is 1. The monoisotopic (exact) mass is 347 g/mol. The van der Waals surface area contributed by atoms with E-state index < -0.39 is 0 Å². The van der Waals surface area contributed by atoms with Gasteiger partial charge in [0.2, 0.25) is 0 Å². The van der Waals surface area contributed by atoms with Gasteiger partial charge in [-0.2, -0.15) is 5.10 Å². The van der Waals surface area contributed by atoms with Crippen LogP contribution in [-0.2, 0) is 13.0 Å². The Kier molecular flexibility index (Phi) is 5.21. The highest BCUT2D eigenvalue weighted by Gasteiger charge is 2.19. The number of rotatable bonds is 5. The van der Waals surface area contributed by atoms with Gasteiger partial charge in [-0.05, 0) is 50.5 Å². The van der Waals surface area contributed by atoms with Crippen molar-refractivity contribution in [1.82, 2.24) is 9.78 Å². The first-order valence-electron chi connectivity index (χ1n) is 8.97. The molecule has 134 valence electrons. The van der Waals surface area contributed by atoms with Crippen LogP contribution in [-0.4, -0.2) is 15.7 Å². The minimum atomic E-state index is -0.112. The average Bonchev–Trinajstić information content (AvgIpc) is 2.91. The van der Waals surface area contributed by atoms with Crippen LogP contribution >= 0.6 is 0 Å². The molecule has 0 bridgehead atoms. The lowest BCUT2D eigenvalue weighted by Gasteiger charge is -2.08. The third-order valence-corrected chi connectivity index (χ3v) is 4.68. The van der Waals surface area contributed by atoms with Crippen LogP contribution in [0.4, 0.5) is 5.69 Å². The van der Waals surface area contributed by atoms with Crippen LogP contribution in [0.2, 0.25) is 0 Å². The largest absolute Gasteiger partial charge is 0.322 e. The summed E-state index contributed by atoms with van der Waals surface area (Å²) < 4.78 is 1.90. The summed E-state index contributed by atoms with van der Waals surface area (Å²) in [6.07, 6.45) is 0.984. The Morgan fingerprint density at radius 2 is 1.58 bits per heavy atom. The van der Waals surface area contributed by atoms with Crippen LogP contribution in [0.5, 0.6) is 0 Å². The number of anilines is 1. The van der Waals surface area contributed by atoms with Gasteiger partial charge in [0.15, 0.2) is 0 Å². The summed E-state index contributed by atoms with van der Waals surface area (Å²) in [5, 5.41) is 7.56. The number of carbonyl (C=O) groups excluding carboxylic acids is 1. The van der Waals surface area contributed by atoms with Crippen molar-refractivity contribution >= 4 is 11.6 Å². The minimum Gasteiger partial charge on any atom is -0.322 e. The summed E-state index contributed by atoms with van der Waals surface area (Å²) in [5.41, 5.74) is 6.73. The minimum absolute atomic E-state index is 0.112. The Bertz CT molecular complexity index is 906. The molecule has 1 heterocycles. The standard InChI is InChI=1S/C22H25N3O/c1-5-18-10-12-20(13-11-18)23-22(26)21-16(3)24-25(17(21)4)14-19-8-6-15(2)7-9-19/h6-13H,5,14H2,1-4H3,(H,23,26). The van der Waals surface area contributed by atoms with Crippen molar-refractivity contribution in [2.75, 3.05) is 5.32 Å². The fraction of sp³-hybridized carbons (Fsp3) is 0.273. The maximum absolute atomic E-state index is 12.8. The van der Waals surface area contributed by atoms with E-state index in [4.69, 9.17) is 0 Å². The van der Waals surface area contributed by atoms with Crippen LogP contribution in [0.25, 0.3) is 0 Å². The van der Waals surface area contributed by atoms with Gasteiger partial charge < -0.3 is 5.32 Å². The molecule has 3 rings (SSSR count). The number of carbonyl (C=O) groups is 1. The Morgan fingerprint density at radius 3 is 2.19 bits per heavy atom. The molecule has 0 saturated carbocycles. The quantitative estimate of drug-likeness (QED) is 0.729. The summed E-state index contributed by atoms with van der Waals surface area (Å²) in [6.45, 7) is 8.67. The maximum Gasteiger partial charge on any atom is 0.259 e. The van der Waals surface area contributed by atoms with E-state index >= 15 is 0 Å². The summed E-state index contributed by atoms with van der Waals surface area (Å²) in [6, 6.07) is 16.3. The number of hydrogen-bond acceptors (Lipinski definition) is 2. The van der Waals surface area contributed by atoms with Crippen LogP contribution in [0.1, 0.15) is 45.4 Å². The lowest BCUT2D eigenvalue weighted by atomic mass is 10.1. The predicted molar refractivity (Wildman–Crippen MR) is 106 cm³/mol. The number of benzene rings is 2. The summed E-state index contributed by atoms with van der Waals surface area (Å²) in [7, 11) is 0. The SMILES string of the molecule is CCc1ccc(NC(=O)c2c(C)nn(Cc3ccc(C)cc3)c2C)cc1. The highest BCUT2D eigenvalue weighted by atomic mass is 16.1. The van der Waals surface area contributed by atoms with Crippen molar-refractivity contribution in [1.29, 1.82) is 0 Å². The van der Waals surface area contributed by atoms with Crippen molar-refractivity contribution < 1.29 is 4.79 Å². The molecule has 1 aromatic heterocycles. The van der Waals surface area contributed by atoms with Crippen molar-refractivity contribution in [2.45, 2.75) is 40.7 Å². The van der Waals surface area contributed by atoms with Gasteiger partial charge >= 0.3 is 0 Å². The van der Waals surface area contributed by atoms with Crippen LogP contribution in [0.3, 0.4) is 0 Å². The predicted octanol–water partition coefficient (Wildman–Crippen LogP) is 4.67. The topological polar surface area (TPSA) is 46.9 Å². The first-order chi connectivity index (χ1) is 12.5. The molecule has 1 amide bonds. The summed E-state index contributed by atoms with van der Waals surface area (Å²) in [5.74, 6) is -0.112. The molecule has 0 spiro atoms. The number of nitrogens with one attached hydrogen (secondary N) is 1. The zero-order valence-electron chi connectivity index (χ0n) is 15.8. The molecule has 4 nitrogen and oxygen atoms in total. The van der Waals surface area contributed by atoms with Gasteiger partial charge in [0.05, 0.1) is 17.8 Å². The summed E-state index contributed by atoms with van der Waals surface area (Å²) >= 11 is 0. The van der Waals surface area contributed by atoms with Crippen molar-refractivity contribution in [3.8, 4) is 0 Å². The third-order valence-electron chi connectivity index (χ3n) is 4.68. The Hall–Kier alpha value is -2.88. The zero-order valence-corrected chi connectivity index (χ0v) is 15.8. The van der Waals surface area contributed by atoms with E-state index in [0.717, 1.165) is 23.5 Å². The molecule has 0 saturated heterocycles. The van der Waals surface area contributed by atoms with E-state index in [1.54, 1.807) is 0 Å². The fourth-order valence-corrected chi connectivity index (χ4v) is 3.06. The number of aromatic nitrogens is 2. The second kappa shape index (κ2) is 7.56. The van der Waals surface area contributed by atoms with Crippen molar-refractivity contribution in [2.24, 2.45) is 0 Å². The van der Waals surface area contributed by atoms with Gasteiger partial charge in [-0.15, -0.1) is 0 Å². The third kappa shape index (κ3) is 3.85. The summed E-state index contributed by atoms with van der Waals surface area (Å²) in [4.78, 5) is 12.8. The molecule has 2 aromatic carbocycles. The molecule has 0 aliphatic carbocycles.